The molecule has 104 valence electrons. The Bertz CT molecular complexity index is 454. The SMILES string of the molecule is CC1CC1c1ccc(C=C(CN)C2CCCCC2)o1. The lowest BCUT2D eigenvalue weighted by atomic mass is 9.83. The smallest absolute Gasteiger partial charge is 0.127 e. The molecule has 2 saturated carbocycles. The molecule has 2 N–H and O–H groups in total. The molecule has 1 heterocycles. The topological polar surface area (TPSA) is 39.2 Å². The van der Waals surface area contributed by atoms with Gasteiger partial charge in [0.2, 0.25) is 0 Å². The molecular weight excluding hydrogens is 234 g/mol. The van der Waals surface area contributed by atoms with E-state index in [1.165, 1.54) is 49.9 Å². The van der Waals surface area contributed by atoms with Gasteiger partial charge in [0, 0.05) is 12.5 Å². The van der Waals surface area contributed by atoms with Gasteiger partial charge in [0.05, 0.1) is 0 Å². The number of furan rings is 1. The van der Waals surface area contributed by atoms with Crippen LogP contribution in [-0.2, 0) is 0 Å². The Labute approximate surface area is 116 Å². The molecule has 2 aliphatic carbocycles. The predicted octanol–water partition coefficient (Wildman–Crippen LogP) is 4.33. The second-order valence-corrected chi connectivity index (χ2v) is 6.32. The van der Waals surface area contributed by atoms with Crippen LogP contribution in [0.5, 0.6) is 0 Å². The van der Waals surface area contributed by atoms with Crippen molar-refractivity contribution in [1.82, 2.24) is 0 Å². The summed E-state index contributed by atoms with van der Waals surface area (Å²) in [5.74, 6) is 4.32. The van der Waals surface area contributed by atoms with E-state index in [0.717, 1.165) is 11.7 Å². The Balaban J connectivity index is 1.72. The van der Waals surface area contributed by atoms with E-state index >= 15 is 0 Å². The van der Waals surface area contributed by atoms with Gasteiger partial charge in [-0.1, -0.05) is 26.2 Å². The van der Waals surface area contributed by atoms with Gasteiger partial charge < -0.3 is 10.2 Å². The van der Waals surface area contributed by atoms with Gasteiger partial charge >= 0.3 is 0 Å². The summed E-state index contributed by atoms with van der Waals surface area (Å²) in [5, 5.41) is 0. The van der Waals surface area contributed by atoms with Crippen LogP contribution in [-0.4, -0.2) is 6.54 Å². The number of hydrogen-bond acceptors (Lipinski definition) is 2. The summed E-state index contributed by atoms with van der Waals surface area (Å²) in [6.45, 7) is 2.95. The van der Waals surface area contributed by atoms with E-state index in [1.54, 1.807) is 0 Å². The molecule has 0 aromatic carbocycles. The average molecular weight is 259 g/mol. The second-order valence-electron chi connectivity index (χ2n) is 6.32. The minimum Gasteiger partial charge on any atom is -0.461 e. The van der Waals surface area contributed by atoms with Gasteiger partial charge in [0.25, 0.3) is 0 Å². The Morgan fingerprint density at radius 1 is 1.32 bits per heavy atom. The highest BCUT2D eigenvalue weighted by Gasteiger charge is 2.36. The molecule has 0 bridgehead atoms. The van der Waals surface area contributed by atoms with Crippen molar-refractivity contribution in [2.45, 2.75) is 51.4 Å². The van der Waals surface area contributed by atoms with Crippen molar-refractivity contribution < 1.29 is 4.42 Å². The molecule has 0 saturated heterocycles. The van der Waals surface area contributed by atoms with Crippen molar-refractivity contribution in [2.24, 2.45) is 17.6 Å². The van der Waals surface area contributed by atoms with Gasteiger partial charge in [-0.3, -0.25) is 0 Å². The maximum Gasteiger partial charge on any atom is 0.127 e. The third-order valence-corrected chi connectivity index (χ3v) is 4.82. The van der Waals surface area contributed by atoms with Crippen LogP contribution in [0.3, 0.4) is 0 Å². The third kappa shape index (κ3) is 2.94. The fourth-order valence-electron chi connectivity index (χ4n) is 3.36. The van der Waals surface area contributed by atoms with Crippen molar-refractivity contribution >= 4 is 6.08 Å². The first-order valence-corrected chi connectivity index (χ1v) is 7.78. The molecule has 1 aromatic heterocycles. The number of rotatable bonds is 4. The third-order valence-electron chi connectivity index (χ3n) is 4.82. The zero-order chi connectivity index (χ0) is 13.2. The summed E-state index contributed by atoms with van der Waals surface area (Å²) in [4.78, 5) is 0. The summed E-state index contributed by atoms with van der Waals surface area (Å²) < 4.78 is 5.97. The van der Waals surface area contributed by atoms with Gasteiger partial charge in [0.1, 0.15) is 11.5 Å². The Kier molecular flexibility index (Phi) is 3.79. The van der Waals surface area contributed by atoms with Crippen LogP contribution in [0.25, 0.3) is 6.08 Å². The molecule has 1 aromatic rings. The van der Waals surface area contributed by atoms with Gasteiger partial charge in [-0.25, -0.2) is 0 Å². The maximum atomic E-state index is 5.97. The van der Waals surface area contributed by atoms with E-state index in [0.29, 0.717) is 18.4 Å². The van der Waals surface area contributed by atoms with E-state index in [2.05, 4.69) is 25.1 Å². The predicted molar refractivity (Wildman–Crippen MR) is 78.8 cm³/mol. The second kappa shape index (κ2) is 5.54. The fourth-order valence-corrected chi connectivity index (χ4v) is 3.36. The highest BCUT2D eigenvalue weighted by atomic mass is 16.3. The number of hydrogen-bond donors (Lipinski definition) is 1. The van der Waals surface area contributed by atoms with Crippen LogP contribution in [0.1, 0.15) is 62.9 Å². The molecule has 2 heteroatoms. The first kappa shape index (κ1) is 13.0. The molecule has 0 amide bonds. The molecule has 0 spiro atoms. The Morgan fingerprint density at radius 3 is 2.68 bits per heavy atom. The minimum atomic E-state index is 0.665. The molecular formula is C17H25NO. The van der Waals surface area contributed by atoms with Crippen LogP contribution in [0.4, 0.5) is 0 Å². The highest BCUT2D eigenvalue weighted by Crippen LogP contribution is 2.47. The van der Waals surface area contributed by atoms with Gasteiger partial charge in [-0.15, -0.1) is 0 Å². The van der Waals surface area contributed by atoms with Crippen LogP contribution >= 0.6 is 0 Å². The fraction of sp³-hybridized carbons (Fsp3) is 0.647. The van der Waals surface area contributed by atoms with Gasteiger partial charge in [-0.05, 0) is 54.9 Å². The molecule has 2 aliphatic rings. The van der Waals surface area contributed by atoms with E-state index in [9.17, 15) is 0 Å². The number of nitrogens with two attached hydrogens (primary N) is 1. The van der Waals surface area contributed by atoms with Crippen LogP contribution in [0, 0.1) is 11.8 Å². The summed E-state index contributed by atoms with van der Waals surface area (Å²) in [6, 6.07) is 4.26. The van der Waals surface area contributed by atoms with E-state index < -0.39 is 0 Å². The molecule has 2 fully saturated rings. The quantitative estimate of drug-likeness (QED) is 0.874. The van der Waals surface area contributed by atoms with Crippen molar-refractivity contribution in [3.8, 4) is 0 Å². The van der Waals surface area contributed by atoms with Crippen LogP contribution in [0.2, 0.25) is 0 Å². The lowest BCUT2D eigenvalue weighted by Crippen LogP contribution is -2.15. The van der Waals surface area contributed by atoms with E-state index in [1.807, 2.05) is 0 Å². The lowest BCUT2D eigenvalue weighted by Gasteiger charge is -2.23. The zero-order valence-corrected chi connectivity index (χ0v) is 11.9. The molecule has 2 unspecified atom stereocenters. The van der Waals surface area contributed by atoms with Crippen molar-refractivity contribution in [3.05, 3.63) is 29.2 Å². The zero-order valence-electron chi connectivity index (χ0n) is 11.9. The Morgan fingerprint density at radius 2 is 2.05 bits per heavy atom. The molecule has 2 atom stereocenters. The highest BCUT2D eigenvalue weighted by molar-refractivity contribution is 5.49. The normalized spacial score (nSPS) is 28.6. The average Bonchev–Trinajstić information content (AvgIpc) is 3.00. The van der Waals surface area contributed by atoms with Gasteiger partial charge in [-0.2, -0.15) is 0 Å². The van der Waals surface area contributed by atoms with Crippen LogP contribution in [0.15, 0.2) is 22.1 Å². The molecule has 19 heavy (non-hydrogen) atoms. The Hall–Kier alpha value is -1.02. The molecule has 0 aliphatic heterocycles. The minimum absolute atomic E-state index is 0.665. The molecule has 2 nitrogen and oxygen atoms in total. The van der Waals surface area contributed by atoms with Crippen molar-refractivity contribution in [3.63, 3.8) is 0 Å². The monoisotopic (exact) mass is 259 g/mol. The molecule has 0 radical (unpaired) electrons. The lowest BCUT2D eigenvalue weighted by molar-refractivity contribution is 0.400. The first-order chi connectivity index (χ1) is 9.28. The summed E-state index contributed by atoms with van der Waals surface area (Å²) >= 11 is 0. The largest absolute Gasteiger partial charge is 0.461 e. The molecule has 3 rings (SSSR count). The summed E-state index contributed by atoms with van der Waals surface area (Å²) in [7, 11) is 0. The van der Waals surface area contributed by atoms with E-state index in [-0.39, 0.29) is 0 Å². The van der Waals surface area contributed by atoms with Gasteiger partial charge in [0.15, 0.2) is 0 Å². The van der Waals surface area contributed by atoms with Crippen molar-refractivity contribution in [2.75, 3.05) is 6.54 Å². The maximum absolute atomic E-state index is 5.97. The van der Waals surface area contributed by atoms with Crippen molar-refractivity contribution in [1.29, 1.82) is 0 Å². The van der Waals surface area contributed by atoms with E-state index in [4.69, 9.17) is 10.2 Å². The van der Waals surface area contributed by atoms with Crippen LogP contribution < -0.4 is 5.73 Å². The standard InChI is InChI=1S/C17H25NO/c1-12-9-16(12)17-8-7-15(19-17)10-14(11-18)13-5-3-2-4-6-13/h7-8,10,12-13,16H,2-6,9,11,18H2,1H3. The summed E-state index contributed by atoms with van der Waals surface area (Å²) in [5.41, 5.74) is 7.32. The summed E-state index contributed by atoms with van der Waals surface area (Å²) in [6.07, 6.45) is 10.2. The first-order valence-electron chi connectivity index (χ1n) is 7.78.